The Morgan fingerprint density at radius 2 is 1.54 bits per heavy atom. The Morgan fingerprint density at radius 1 is 0.896 bits per heavy atom. The number of hydrogen-bond donors (Lipinski definition) is 4. The van der Waals surface area contributed by atoms with Gasteiger partial charge in [0.25, 0.3) is 5.91 Å². The van der Waals surface area contributed by atoms with Crippen molar-refractivity contribution in [1.82, 2.24) is 10.8 Å². The van der Waals surface area contributed by atoms with E-state index in [-0.39, 0.29) is 26.1 Å². The van der Waals surface area contributed by atoms with Gasteiger partial charge < -0.3 is 20.3 Å². The van der Waals surface area contributed by atoms with E-state index in [1.165, 1.54) is 25.3 Å². The number of ketones is 1. The van der Waals surface area contributed by atoms with E-state index in [1.807, 2.05) is 0 Å². The van der Waals surface area contributed by atoms with Gasteiger partial charge in [-0.3, -0.25) is 19.2 Å². The molecule has 1 aromatic rings. The number of nitrogens with one attached hydrogen (secondary N) is 2. The predicted octanol–water partition coefficient (Wildman–Crippen LogP) is 6.24. The third kappa shape index (κ3) is 16.9. The number of hydrogen-bond acceptors (Lipinski definition) is 7. The lowest BCUT2D eigenvalue weighted by molar-refractivity contribution is -0.167. The van der Waals surface area contributed by atoms with Crippen LogP contribution in [0.1, 0.15) is 123 Å². The van der Waals surface area contributed by atoms with Crippen LogP contribution < -0.4 is 15.5 Å². The molecule has 0 aromatic heterocycles. The molecule has 0 aliphatic heterocycles. The van der Waals surface area contributed by atoms with Crippen molar-refractivity contribution < 1.29 is 39.0 Å². The third-order valence-corrected chi connectivity index (χ3v) is 8.06. The molecular formula is C38H58N2O8. The molecular weight excluding hydrogens is 612 g/mol. The van der Waals surface area contributed by atoms with Crippen LogP contribution in [0.2, 0.25) is 0 Å². The maximum absolute atomic E-state index is 13.7. The van der Waals surface area contributed by atoms with Crippen LogP contribution in [0.5, 0.6) is 5.75 Å². The lowest BCUT2D eigenvalue weighted by atomic mass is 9.82. The Kier molecular flexibility index (Phi) is 22.4. The second-order valence-corrected chi connectivity index (χ2v) is 12.1. The van der Waals surface area contributed by atoms with E-state index in [1.54, 1.807) is 51.1 Å². The van der Waals surface area contributed by atoms with Crippen LogP contribution in [0.4, 0.5) is 0 Å². The monoisotopic (exact) mass is 670 g/mol. The summed E-state index contributed by atoms with van der Waals surface area (Å²) in [6.45, 7) is 7.76. The van der Waals surface area contributed by atoms with E-state index in [9.17, 15) is 29.4 Å². The van der Waals surface area contributed by atoms with Crippen molar-refractivity contribution in [1.29, 1.82) is 0 Å². The van der Waals surface area contributed by atoms with Crippen molar-refractivity contribution in [3.8, 4) is 17.6 Å². The van der Waals surface area contributed by atoms with Gasteiger partial charge in [-0.1, -0.05) is 89.0 Å². The maximum Gasteiger partial charge on any atom is 0.336 e. The average Bonchev–Trinajstić information content (AvgIpc) is 3.06. The molecule has 48 heavy (non-hydrogen) atoms. The van der Waals surface area contributed by atoms with Crippen molar-refractivity contribution in [2.45, 2.75) is 136 Å². The fourth-order valence-electron chi connectivity index (χ4n) is 5.30. The van der Waals surface area contributed by atoms with Crippen LogP contribution in [-0.4, -0.2) is 58.6 Å². The van der Waals surface area contributed by atoms with Gasteiger partial charge in [-0.25, -0.2) is 10.3 Å². The molecule has 0 spiro atoms. The Hall–Kier alpha value is -3.68. The standard InChI is InChI=1S/C38H58N2O8/c1-5-9-11-14-17-20-31(41)21-18-15-12-13-16-19-22-33(38(46,27-7-3)37(44)45)35(42)39-34(36(43)40-48-8-4)29-30-23-25-32(26-24-30)47-28-10-6-2/h19,22-26,33-34,46H,5,7-9,11-18,20-21,27-29H2,1-4H3,(H,39,42)(H,40,43)(H,44,45)/b22-19+/t33-,34+,38+/m1/s1. The smallest absolute Gasteiger partial charge is 0.336 e. The topological polar surface area (TPSA) is 151 Å². The van der Waals surface area contributed by atoms with Crippen molar-refractivity contribution in [2.24, 2.45) is 5.92 Å². The third-order valence-electron chi connectivity index (χ3n) is 8.06. The minimum absolute atomic E-state index is 0.0801. The molecule has 2 amide bonds. The molecule has 0 aliphatic rings. The van der Waals surface area contributed by atoms with Gasteiger partial charge in [0.15, 0.2) is 5.60 Å². The number of unbranched alkanes of at least 4 members (excludes halogenated alkanes) is 8. The number of benzene rings is 1. The first-order chi connectivity index (χ1) is 23.1. The van der Waals surface area contributed by atoms with E-state index < -0.39 is 35.3 Å². The van der Waals surface area contributed by atoms with Gasteiger partial charge in [0, 0.05) is 19.3 Å². The molecule has 0 saturated heterocycles. The summed E-state index contributed by atoms with van der Waals surface area (Å²) >= 11 is 0. The van der Waals surface area contributed by atoms with Crippen LogP contribution in [0.3, 0.4) is 0 Å². The first kappa shape index (κ1) is 42.3. The summed E-state index contributed by atoms with van der Waals surface area (Å²) in [6.07, 6.45) is 14.3. The van der Waals surface area contributed by atoms with Crippen LogP contribution in [0, 0.1) is 17.8 Å². The van der Waals surface area contributed by atoms with Crippen LogP contribution in [0.15, 0.2) is 36.4 Å². The molecule has 0 saturated carbocycles. The molecule has 4 N–H and O–H groups in total. The minimum Gasteiger partial charge on any atom is -0.481 e. The summed E-state index contributed by atoms with van der Waals surface area (Å²) in [5, 5.41) is 23.9. The van der Waals surface area contributed by atoms with E-state index in [4.69, 9.17) is 9.57 Å². The quantitative estimate of drug-likeness (QED) is 0.0372. The zero-order valence-corrected chi connectivity index (χ0v) is 29.5. The Bertz CT molecular complexity index is 1190. The largest absolute Gasteiger partial charge is 0.481 e. The number of aliphatic carboxylic acids is 1. The molecule has 268 valence electrons. The fourth-order valence-corrected chi connectivity index (χ4v) is 5.30. The Morgan fingerprint density at radius 3 is 2.12 bits per heavy atom. The highest BCUT2D eigenvalue weighted by molar-refractivity contribution is 5.93. The van der Waals surface area contributed by atoms with E-state index in [2.05, 4.69) is 29.6 Å². The van der Waals surface area contributed by atoms with Crippen LogP contribution in [-0.2, 0) is 30.4 Å². The Balaban J connectivity index is 2.91. The lowest BCUT2D eigenvalue weighted by Crippen LogP contribution is -2.56. The molecule has 10 heteroatoms. The van der Waals surface area contributed by atoms with Gasteiger partial charge in [-0.05, 0) is 63.6 Å². The molecule has 0 aliphatic carbocycles. The number of rotatable bonds is 27. The first-order valence-electron chi connectivity index (χ1n) is 17.6. The van der Waals surface area contributed by atoms with E-state index >= 15 is 0 Å². The number of Topliss-reactive ketones (excluding diaryl/α,β-unsaturated/α-hetero) is 1. The highest BCUT2D eigenvalue weighted by atomic mass is 16.6. The van der Waals surface area contributed by atoms with Crippen molar-refractivity contribution in [3.05, 3.63) is 42.0 Å². The molecule has 1 aromatic carbocycles. The number of carboxylic acids is 1. The van der Waals surface area contributed by atoms with Gasteiger partial charge >= 0.3 is 5.97 Å². The zero-order valence-electron chi connectivity index (χ0n) is 29.5. The zero-order chi connectivity index (χ0) is 35.6. The number of allylic oxidation sites excluding steroid dienone is 1. The average molecular weight is 671 g/mol. The molecule has 3 atom stereocenters. The fraction of sp³-hybridized carbons (Fsp3) is 0.632. The number of carboxylic acid groups (broad SMARTS) is 1. The van der Waals surface area contributed by atoms with E-state index in [0.29, 0.717) is 42.8 Å². The molecule has 1 rings (SSSR count). The molecule has 10 nitrogen and oxygen atoms in total. The predicted molar refractivity (Wildman–Crippen MR) is 187 cm³/mol. The number of aliphatic hydroxyl groups is 1. The SMILES string of the molecule is CC#CCOc1ccc(C[C@H](NC(=O)[C@@H](/C=C/CCCCCCC(=O)CCCCCCC)[C@@](O)(CCC)C(=O)O)C(=O)NOCC)cc1. The maximum atomic E-state index is 13.7. The van der Waals surface area contributed by atoms with Crippen LogP contribution in [0.25, 0.3) is 0 Å². The summed E-state index contributed by atoms with van der Waals surface area (Å²) in [5.41, 5.74) is 0.663. The number of ether oxygens (including phenoxy) is 1. The van der Waals surface area contributed by atoms with Crippen molar-refractivity contribution >= 4 is 23.6 Å². The summed E-state index contributed by atoms with van der Waals surface area (Å²) in [5.74, 6) is 2.13. The number of carbonyl (C=O) groups excluding carboxylic acids is 3. The summed E-state index contributed by atoms with van der Waals surface area (Å²) in [7, 11) is 0. The lowest BCUT2D eigenvalue weighted by Gasteiger charge is -2.31. The summed E-state index contributed by atoms with van der Waals surface area (Å²) in [6, 6.07) is 5.87. The number of hydroxylamine groups is 1. The highest BCUT2D eigenvalue weighted by Gasteiger charge is 2.46. The molecule has 0 unspecified atom stereocenters. The second kappa shape index (κ2) is 25.4. The summed E-state index contributed by atoms with van der Waals surface area (Å²) in [4.78, 5) is 56.2. The first-order valence-corrected chi connectivity index (χ1v) is 17.6. The number of carbonyl (C=O) groups is 4. The highest BCUT2D eigenvalue weighted by Crippen LogP contribution is 2.27. The molecule has 0 radical (unpaired) electrons. The van der Waals surface area contributed by atoms with E-state index in [0.717, 1.165) is 38.5 Å². The normalized spacial score (nSPS) is 13.5. The molecule has 0 bridgehead atoms. The van der Waals surface area contributed by atoms with Crippen LogP contribution >= 0.6 is 0 Å². The summed E-state index contributed by atoms with van der Waals surface area (Å²) < 4.78 is 5.54. The molecule has 0 fully saturated rings. The van der Waals surface area contributed by atoms with Gasteiger partial charge in [0.2, 0.25) is 5.91 Å². The van der Waals surface area contributed by atoms with Gasteiger partial charge in [0.1, 0.15) is 24.2 Å². The molecule has 0 heterocycles. The minimum atomic E-state index is -2.37. The Labute approximate surface area is 287 Å². The number of amides is 2. The van der Waals surface area contributed by atoms with Gasteiger partial charge in [-0.2, -0.15) is 0 Å². The van der Waals surface area contributed by atoms with Gasteiger partial charge in [0.05, 0.1) is 12.5 Å². The second-order valence-electron chi connectivity index (χ2n) is 12.1. The van der Waals surface area contributed by atoms with Gasteiger partial charge in [-0.15, -0.1) is 5.92 Å². The van der Waals surface area contributed by atoms with Crippen molar-refractivity contribution in [3.63, 3.8) is 0 Å². The van der Waals surface area contributed by atoms with Crippen molar-refractivity contribution in [2.75, 3.05) is 13.2 Å².